The van der Waals surface area contributed by atoms with E-state index in [0.717, 1.165) is 0 Å². The van der Waals surface area contributed by atoms with E-state index in [1.165, 1.54) is 0 Å². The van der Waals surface area contributed by atoms with Crippen molar-refractivity contribution in [1.29, 1.82) is 0 Å². The highest BCUT2D eigenvalue weighted by Gasteiger charge is 2.51. The first kappa shape index (κ1) is 17.5. The van der Waals surface area contributed by atoms with E-state index in [2.05, 4.69) is 0 Å². The van der Waals surface area contributed by atoms with Gasteiger partial charge in [-0.15, -0.1) is 0 Å². The first-order valence-corrected chi connectivity index (χ1v) is 7.73. The van der Waals surface area contributed by atoms with Gasteiger partial charge in [0.1, 0.15) is 12.7 Å². The molecule has 22 heavy (non-hydrogen) atoms. The van der Waals surface area contributed by atoms with Crippen LogP contribution in [0.4, 0.5) is 4.79 Å². The molecule has 2 unspecified atom stereocenters. The molecule has 0 aromatic heterocycles. The number of aliphatic hydroxyl groups excluding tert-OH is 1. The summed E-state index contributed by atoms with van der Waals surface area (Å²) in [5.74, 6) is 0. The van der Waals surface area contributed by atoms with Crippen molar-refractivity contribution in [1.82, 2.24) is 4.90 Å². The zero-order valence-electron chi connectivity index (χ0n) is 13.7. The second-order valence-electron chi connectivity index (χ2n) is 6.79. The molecule has 2 fully saturated rings. The molecule has 2 saturated heterocycles. The Morgan fingerprint density at radius 3 is 2.68 bits per heavy atom. The van der Waals surface area contributed by atoms with E-state index in [9.17, 15) is 9.90 Å². The summed E-state index contributed by atoms with van der Waals surface area (Å²) in [6.45, 7) is 8.59. The van der Waals surface area contributed by atoms with Gasteiger partial charge in [-0.25, -0.2) is 4.79 Å². The summed E-state index contributed by atoms with van der Waals surface area (Å²) in [6.07, 6.45) is -0.668. The van der Waals surface area contributed by atoms with Gasteiger partial charge in [0, 0.05) is 6.54 Å². The summed E-state index contributed by atoms with van der Waals surface area (Å²) in [5, 5.41) is 9.94. The Morgan fingerprint density at radius 2 is 2.09 bits per heavy atom. The van der Waals surface area contributed by atoms with E-state index < -0.39 is 11.6 Å². The fourth-order valence-corrected chi connectivity index (χ4v) is 2.82. The second-order valence-corrected chi connectivity index (χ2v) is 6.79. The van der Waals surface area contributed by atoms with Crippen LogP contribution in [0.15, 0.2) is 0 Å². The van der Waals surface area contributed by atoms with Gasteiger partial charge < -0.3 is 24.1 Å². The third-order valence-electron chi connectivity index (χ3n) is 4.47. The molecule has 1 amide bonds. The normalized spacial score (nSPS) is 30.2. The number of ether oxygens (including phenoxy) is 4. The lowest BCUT2D eigenvalue weighted by Gasteiger charge is -2.52. The molecule has 128 valence electrons. The van der Waals surface area contributed by atoms with Crippen molar-refractivity contribution in [2.24, 2.45) is 5.41 Å². The molecule has 2 aliphatic heterocycles. The topological polar surface area (TPSA) is 77.5 Å². The average Bonchev–Trinajstić information content (AvgIpc) is 2.52. The highest BCUT2D eigenvalue weighted by molar-refractivity contribution is 5.69. The van der Waals surface area contributed by atoms with Gasteiger partial charge in [0.05, 0.1) is 45.2 Å². The van der Waals surface area contributed by atoms with Crippen molar-refractivity contribution in [2.45, 2.75) is 32.4 Å². The maximum atomic E-state index is 12.5. The summed E-state index contributed by atoms with van der Waals surface area (Å²) in [6, 6.07) is 0. The smallest absolute Gasteiger partial charge is 0.410 e. The van der Waals surface area contributed by atoms with Crippen molar-refractivity contribution < 1.29 is 28.8 Å². The zero-order chi connectivity index (χ0) is 16.2. The minimum absolute atomic E-state index is 0.155. The Kier molecular flexibility index (Phi) is 5.65. The Balaban J connectivity index is 2.01. The predicted octanol–water partition coefficient (Wildman–Crippen LogP) is 0.648. The van der Waals surface area contributed by atoms with Crippen LogP contribution in [0.25, 0.3) is 0 Å². The number of morpholine rings is 1. The SMILES string of the molecule is CC(C)(C)C1(CO)COCCN1C(=O)OCC1COCCO1. The fourth-order valence-electron chi connectivity index (χ4n) is 2.82. The van der Waals surface area contributed by atoms with E-state index in [0.29, 0.717) is 39.6 Å². The molecule has 0 radical (unpaired) electrons. The molecule has 0 saturated carbocycles. The molecular weight excluding hydrogens is 290 g/mol. The molecule has 0 aromatic rings. The van der Waals surface area contributed by atoms with E-state index in [-0.39, 0.29) is 24.7 Å². The minimum Gasteiger partial charge on any atom is -0.447 e. The predicted molar refractivity (Wildman–Crippen MR) is 78.7 cm³/mol. The third kappa shape index (κ3) is 3.53. The summed E-state index contributed by atoms with van der Waals surface area (Å²) >= 11 is 0. The molecule has 7 heteroatoms. The van der Waals surface area contributed by atoms with Crippen molar-refractivity contribution >= 4 is 6.09 Å². The van der Waals surface area contributed by atoms with E-state index >= 15 is 0 Å². The summed E-state index contributed by atoms with van der Waals surface area (Å²) in [5.41, 5.74) is -1.13. The van der Waals surface area contributed by atoms with Crippen molar-refractivity contribution in [3.05, 3.63) is 0 Å². The fraction of sp³-hybridized carbons (Fsp3) is 0.933. The molecule has 2 heterocycles. The first-order valence-electron chi connectivity index (χ1n) is 7.73. The number of hydrogen-bond donors (Lipinski definition) is 1. The van der Waals surface area contributed by atoms with Crippen LogP contribution < -0.4 is 0 Å². The molecule has 0 aromatic carbocycles. The molecule has 0 spiro atoms. The van der Waals surface area contributed by atoms with Crippen molar-refractivity contribution in [3.63, 3.8) is 0 Å². The second kappa shape index (κ2) is 7.12. The first-order chi connectivity index (χ1) is 10.4. The van der Waals surface area contributed by atoms with E-state index in [1.54, 1.807) is 4.90 Å². The molecule has 2 rings (SSSR count). The van der Waals surface area contributed by atoms with Gasteiger partial charge in [-0.05, 0) is 5.41 Å². The Hall–Kier alpha value is -0.890. The maximum Gasteiger partial charge on any atom is 0.410 e. The quantitative estimate of drug-likeness (QED) is 0.823. The summed E-state index contributed by atoms with van der Waals surface area (Å²) < 4.78 is 21.7. The monoisotopic (exact) mass is 317 g/mol. The summed E-state index contributed by atoms with van der Waals surface area (Å²) in [7, 11) is 0. The molecule has 0 bridgehead atoms. The lowest BCUT2D eigenvalue weighted by Crippen LogP contribution is -2.67. The lowest BCUT2D eigenvalue weighted by atomic mass is 9.72. The van der Waals surface area contributed by atoms with Crippen LogP contribution in [0.5, 0.6) is 0 Å². The van der Waals surface area contributed by atoms with Crippen molar-refractivity contribution in [3.8, 4) is 0 Å². The highest BCUT2D eigenvalue weighted by atomic mass is 16.6. The molecule has 1 N–H and O–H groups in total. The van der Waals surface area contributed by atoms with Gasteiger partial charge in [0.25, 0.3) is 0 Å². The number of carbonyl (C=O) groups is 1. The molecule has 2 aliphatic rings. The number of nitrogens with zero attached hydrogens (tertiary/aromatic N) is 1. The third-order valence-corrected chi connectivity index (χ3v) is 4.47. The van der Waals surface area contributed by atoms with Gasteiger partial charge in [0.2, 0.25) is 0 Å². The molecule has 2 atom stereocenters. The maximum absolute atomic E-state index is 12.5. The van der Waals surface area contributed by atoms with Crippen LogP contribution in [-0.2, 0) is 18.9 Å². The van der Waals surface area contributed by atoms with E-state index in [1.807, 2.05) is 20.8 Å². The Morgan fingerprint density at radius 1 is 1.32 bits per heavy atom. The van der Waals surface area contributed by atoms with Crippen LogP contribution in [0.2, 0.25) is 0 Å². The Bertz CT molecular complexity index is 377. The minimum atomic E-state index is -0.785. The lowest BCUT2D eigenvalue weighted by molar-refractivity contribution is -0.139. The van der Waals surface area contributed by atoms with Gasteiger partial charge in [-0.2, -0.15) is 0 Å². The molecular formula is C15H27NO6. The van der Waals surface area contributed by atoms with Crippen molar-refractivity contribution in [2.75, 3.05) is 52.8 Å². The number of rotatable bonds is 3. The number of hydrogen-bond acceptors (Lipinski definition) is 6. The zero-order valence-corrected chi connectivity index (χ0v) is 13.7. The molecule has 7 nitrogen and oxygen atoms in total. The largest absolute Gasteiger partial charge is 0.447 e. The van der Waals surface area contributed by atoms with Crippen LogP contribution in [0, 0.1) is 5.41 Å². The van der Waals surface area contributed by atoms with Gasteiger partial charge >= 0.3 is 6.09 Å². The molecule has 0 aliphatic carbocycles. The Labute approximate surface area is 131 Å². The number of amides is 1. The van der Waals surface area contributed by atoms with Gasteiger partial charge in [-0.3, -0.25) is 4.90 Å². The van der Waals surface area contributed by atoms with Crippen LogP contribution >= 0.6 is 0 Å². The van der Waals surface area contributed by atoms with Gasteiger partial charge in [-0.1, -0.05) is 20.8 Å². The van der Waals surface area contributed by atoms with Crippen LogP contribution in [-0.4, -0.2) is 80.5 Å². The van der Waals surface area contributed by atoms with Gasteiger partial charge in [0.15, 0.2) is 0 Å². The highest BCUT2D eigenvalue weighted by Crippen LogP contribution is 2.38. The standard InChI is InChI=1S/C15H27NO6/c1-14(2,3)15(10-17)11-20-5-4-16(15)13(18)22-9-12-8-19-6-7-21-12/h12,17H,4-11H2,1-3H3. The number of carbonyl (C=O) groups excluding carboxylic acids is 1. The number of aliphatic hydroxyl groups is 1. The van der Waals surface area contributed by atoms with Crippen LogP contribution in [0.3, 0.4) is 0 Å². The van der Waals surface area contributed by atoms with E-state index in [4.69, 9.17) is 18.9 Å². The summed E-state index contributed by atoms with van der Waals surface area (Å²) in [4.78, 5) is 14.1. The average molecular weight is 317 g/mol. The van der Waals surface area contributed by atoms with Crippen LogP contribution in [0.1, 0.15) is 20.8 Å².